The molecule has 0 aliphatic carbocycles. The first-order chi connectivity index (χ1) is 20.4. The van der Waals surface area contributed by atoms with Gasteiger partial charge in [-0.15, -0.1) is 0 Å². The number of hydrogen-bond acceptors (Lipinski definition) is 5. The summed E-state index contributed by atoms with van der Waals surface area (Å²) in [5.41, 5.74) is 2.07. The Labute approximate surface area is 250 Å². The van der Waals surface area contributed by atoms with E-state index in [1.165, 1.54) is 12.1 Å². The van der Waals surface area contributed by atoms with Gasteiger partial charge >= 0.3 is 6.18 Å². The zero-order chi connectivity index (χ0) is 31.1. The Kier molecular flexibility index (Phi) is 10.5. The first-order valence-corrected chi connectivity index (χ1v) is 14.3. The molecule has 10 heteroatoms. The second kappa shape index (κ2) is 14.1. The van der Waals surface area contributed by atoms with Crippen molar-refractivity contribution in [2.75, 3.05) is 32.1 Å². The van der Waals surface area contributed by atoms with E-state index in [0.29, 0.717) is 36.6 Å². The maximum Gasteiger partial charge on any atom is 0.416 e. The molecule has 3 aromatic rings. The van der Waals surface area contributed by atoms with Gasteiger partial charge in [-0.2, -0.15) is 13.2 Å². The van der Waals surface area contributed by atoms with Crippen LogP contribution in [0.25, 0.3) is 0 Å². The summed E-state index contributed by atoms with van der Waals surface area (Å²) >= 11 is 0. The number of amides is 2. The van der Waals surface area contributed by atoms with E-state index in [1.807, 2.05) is 49.2 Å². The number of likely N-dealkylation sites (N-methyl/N-ethyl adjacent to an activating group) is 1. The number of aliphatic hydroxyl groups is 1. The molecule has 0 radical (unpaired) electrons. The zero-order valence-corrected chi connectivity index (χ0v) is 24.6. The minimum atomic E-state index is -4.39. The van der Waals surface area contributed by atoms with E-state index in [-0.39, 0.29) is 43.3 Å². The lowest BCUT2D eigenvalue weighted by molar-refractivity contribution is -0.137. The lowest BCUT2D eigenvalue weighted by Gasteiger charge is -2.34. The van der Waals surface area contributed by atoms with Gasteiger partial charge in [-0.05, 0) is 55.4 Å². The summed E-state index contributed by atoms with van der Waals surface area (Å²) < 4.78 is 45.5. The van der Waals surface area contributed by atoms with E-state index in [4.69, 9.17) is 4.74 Å². The molecule has 2 N–H and O–H groups in total. The standard InChI is InChI=1S/C33H38F3N3O4/c1-22-18-39(23(2)21-40)32(42)17-26-16-28(37-31(41)15-24-7-5-4-6-8-24)13-14-29(26)43-30(22)20-38(3)19-25-9-11-27(12-10-25)33(34,35)36/h4-14,16,22-23,30,40H,15,17-21H2,1-3H3,(H,37,41)/t22-,23+,30-/m1/s1. The Morgan fingerprint density at radius 2 is 1.79 bits per heavy atom. The van der Waals surface area contributed by atoms with Gasteiger partial charge in [0, 0.05) is 36.8 Å². The highest BCUT2D eigenvalue weighted by Gasteiger charge is 2.32. The molecular weight excluding hydrogens is 559 g/mol. The van der Waals surface area contributed by atoms with Gasteiger partial charge in [-0.1, -0.05) is 49.4 Å². The van der Waals surface area contributed by atoms with E-state index in [9.17, 15) is 27.9 Å². The summed E-state index contributed by atoms with van der Waals surface area (Å²) in [4.78, 5) is 29.8. The molecule has 1 heterocycles. The maximum absolute atomic E-state index is 13.5. The predicted octanol–water partition coefficient (Wildman–Crippen LogP) is 5.17. The van der Waals surface area contributed by atoms with Crippen molar-refractivity contribution in [2.24, 2.45) is 5.92 Å². The van der Waals surface area contributed by atoms with Crippen LogP contribution in [0.15, 0.2) is 72.8 Å². The molecule has 0 spiro atoms. The highest BCUT2D eigenvalue weighted by molar-refractivity contribution is 5.92. The monoisotopic (exact) mass is 597 g/mol. The third-order valence-electron chi connectivity index (χ3n) is 7.63. The lowest BCUT2D eigenvalue weighted by Crippen LogP contribution is -2.47. The smallest absolute Gasteiger partial charge is 0.416 e. The van der Waals surface area contributed by atoms with Crippen LogP contribution < -0.4 is 10.1 Å². The van der Waals surface area contributed by atoms with Gasteiger partial charge in [0.1, 0.15) is 11.9 Å². The van der Waals surface area contributed by atoms with Crippen LogP contribution in [0.4, 0.5) is 18.9 Å². The van der Waals surface area contributed by atoms with Gasteiger partial charge in [0.2, 0.25) is 11.8 Å². The van der Waals surface area contributed by atoms with Crippen LogP contribution in [0.5, 0.6) is 5.75 Å². The van der Waals surface area contributed by atoms with Gasteiger partial charge in [0.15, 0.2) is 0 Å². The first kappa shape index (κ1) is 32.0. The SMILES string of the molecule is C[C@@H]1CN([C@@H](C)CO)C(=O)Cc2cc(NC(=O)Cc3ccccc3)ccc2O[C@@H]1CN(C)Cc1ccc(C(F)(F)F)cc1. The van der Waals surface area contributed by atoms with Crippen LogP contribution >= 0.6 is 0 Å². The summed E-state index contributed by atoms with van der Waals surface area (Å²) in [6.07, 6.45) is -4.53. The van der Waals surface area contributed by atoms with E-state index in [1.54, 1.807) is 30.0 Å². The lowest BCUT2D eigenvalue weighted by atomic mass is 10.0. The number of aliphatic hydroxyl groups excluding tert-OH is 1. The number of ether oxygens (including phenoxy) is 1. The molecular formula is C33H38F3N3O4. The van der Waals surface area contributed by atoms with Crippen molar-refractivity contribution in [3.8, 4) is 5.75 Å². The molecule has 3 atom stereocenters. The number of halogens is 3. The number of rotatable bonds is 9. The summed E-state index contributed by atoms with van der Waals surface area (Å²) in [7, 11) is 1.87. The number of nitrogens with zero attached hydrogens (tertiary/aromatic N) is 2. The van der Waals surface area contributed by atoms with Crippen molar-refractivity contribution in [1.29, 1.82) is 0 Å². The van der Waals surface area contributed by atoms with Gasteiger partial charge in [-0.3, -0.25) is 14.5 Å². The second-order valence-corrected chi connectivity index (χ2v) is 11.3. The maximum atomic E-state index is 13.5. The van der Waals surface area contributed by atoms with Gasteiger partial charge < -0.3 is 20.1 Å². The number of hydrogen-bond donors (Lipinski definition) is 2. The molecule has 3 aromatic carbocycles. The summed E-state index contributed by atoms with van der Waals surface area (Å²) in [6.45, 7) is 4.76. The van der Waals surface area contributed by atoms with Crippen molar-refractivity contribution in [2.45, 2.75) is 51.6 Å². The Morgan fingerprint density at radius 3 is 2.44 bits per heavy atom. The van der Waals surface area contributed by atoms with Crippen molar-refractivity contribution in [3.63, 3.8) is 0 Å². The zero-order valence-electron chi connectivity index (χ0n) is 24.6. The number of nitrogens with one attached hydrogen (secondary N) is 1. The molecule has 0 saturated carbocycles. The van der Waals surface area contributed by atoms with Gasteiger partial charge in [0.05, 0.1) is 31.1 Å². The number of carbonyl (C=O) groups is 2. The van der Waals surface area contributed by atoms with Crippen LogP contribution in [0.2, 0.25) is 0 Å². The van der Waals surface area contributed by atoms with Crippen LogP contribution in [-0.2, 0) is 35.2 Å². The molecule has 43 heavy (non-hydrogen) atoms. The number of alkyl halides is 3. The molecule has 0 unspecified atom stereocenters. The highest BCUT2D eigenvalue weighted by atomic mass is 19.4. The van der Waals surface area contributed by atoms with Crippen molar-refractivity contribution >= 4 is 17.5 Å². The summed E-state index contributed by atoms with van der Waals surface area (Å²) in [5, 5.41) is 12.8. The Bertz CT molecular complexity index is 1380. The fraction of sp³-hybridized carbons (Fsp3) is 0.394. The van der Waals surface area contributed by atoms with Crippen LogP contribution in [0.3, 0.4) is 0 Å². The quantitative estimate of drug-likeness (QED) is 0.356. The minimum absolute atomic E-state index is 0.0307. The average molecular weight is 598 g/mol. The van der Waals surface area contributed by atoms with E-state index >= 15 is 0 Å². The molecule has 2 amide bonds. The highest BCUT2D eigenvalue weighted by Crippen LogP contribution is 2.31. The first-order valence-electron chi connectivity index (χ1n) is 14.3. The third-order valence-corrected chi connectivity index (χ3v) is 7.63. The minimum Gasteiger partial charge on any atom is -0.488 e. The topological polar surface area (TPSA) is 82.1 Å². The van der Waals surface area contributed by atoms with Crippen molar-refractivity contribution < 1.29 is 32.6 Å². The largest absolute Gasteiger partial charge is 0.488 e. The van der Waals surface area contributed by atoms with Gasteiger partial charge in [-0.25, -0.2) is 0 Å². The Morgan fingerprint density at radius 1 is 1.09 bits per heavy atom. The van der Waals surface area contributed by atoms with E-state index < -0.39 is 17.8 Å². The van der Waals surface area contributed by atoms with Gasteiger partial charge in [0.25, 0.3) is 0 Å². The molecule has 230 valence electrons. The average Bonchev–Trinajstić information content (AvgIpc) is 3.00. The number of fused-ring (bicyclic) bond motifs is 1. The van der Waals surface area contributed by atoms with E-state index in [0.717, 1.165) is 23.3 Å². The summed E-state index contributed by atoms with van der Waals surface area (Å²) in [6, 6.07) is 19.3. The van der Waals surface area contributed by atoms with Crippen LogP contribution in [0.1, 0.15) is 36.1 Å². The predicted molar refractivity (Wildman–Crippen MR) is 159 cm³/mol. The number of anilines is 1. The fourth-order valence-electron chi connectivity index (χ4n) is 5.19. The Hall–Kier alpha value is -3.89. The second-order valence-electron chi connectivity index (χ2n) is 11.3. The van der Waals surface area contributed by atoms with Crippen LogP contribution in [0, 0.1) is 5.92 Å². The fourth-order valence-corrected chi connectivity index (χ4v) is 5.19. The normalized spacial score (nSPS) is 18.2. The summed E-state index contributed by atoms with van der Waals surface area (Å²) in [5.74, 6) is 0.0371. The van der Waals surface area contributed by atoms with Crippen molar-refractivity contribution in [3.05, 3.63) is 95.1 Å². The van der Waals surface area contributed by atoms with Crippen molar-refractivity contribution in [1.82, 2.24) is 9.80 Å². The third kappa shape index (κ3) is 8.81. The number of benzene rings is 3. The molecule has 0 fully saturated rings. The van der Waals surface area contributed by atoms with E-state index in [2.05, 4.69) is 5.32 Å². The number of carbonyl (C=O) groups excluding carboxylic acids is 2. The molecule has 0 saturated heterocycles. The molecule has 0 bridgehead atoms. The van der Waals surface area contributed by atoms with Crippen LogP contribution in [-0.4, -0.2) is 65.6 Å². The molecule has 1 aliphatic rings. The molecule has 0 aromatic heterocycles. The molecule has 1 aliphatic heterocycles. The molecule has 7 nitrogen and oxygen atoms in total. The molecule has 4 rings (SSSR count). The Balaban J connectivity index is 1.54.